The fourth-order valence-electron chi connectivity index (χ4n) is 4.37. The molecule has 1 aromatic rings. The lowest BCUT2D eigenvalue weighted by molar-refractivity contribution is -0.136. The summed E-state index contributed by atoms with van der Waals surface area (Å²) in [6.07, 6.45) is 3.00. The Bertz CT molecular complexity index is 911. The molecule has 2 aliphatic rings. The maximum Gasteiger partial charge on any atom is 0.337 e. The summed E-state index contributed by atoms with van der Waals surface area (Å²) in [7, 11) is 4.64. The number of carbonyl (C=O) groups excluding carboxylic acids is 3. The molecule has 0 radical (unpaired) electrons. The highest BCUT2D eigenvalue weighted by Crippen LogP contribution is 2.29. The second-order valence-corrected chi connectivity index (χ2v) is 8.47. The Labute approximate surface area is 200 Å². The van der Waals surface area contributed by atoms with Crippen LogP contribution in [0.1, 0.15) is 30.7 Å². The molecular formula is C24H35N5O5. The van der Waals surface area contributed by atoms with E-state index in [4.69, 9.17) is 9.47 Å². The molecule has 3 rings (SSSR count). The minimum Gasteiger partial charge on any atom is -0.466 e. The molecule has 1 saturated heterocycles. The topological polar surface area (TPSA) is 112 Å². The Morgan fingerprint density at radius 3 is 2.65 bits per heavy atom. The molecule has 3 N–H and O–H groups in total. The van der Waals surface area contributed by atoms with Crippen LogP contribution in [0, 0.1) is 0 Å². The van der Waals surface area contributed by atoms with Crippen molar-refractivity contribution in [2.45, 2.75) is 25.2 Å². The fourth-order valence-corrected chi connectivity index (χ4v) is 4.37. The number of carbonyl (C=O) groups is 3. The van der Waals surface area contributed by atoms with E-state index in [-0.39, 0.29) is 18.7 Å². The first-order valence-electron chi connectivity index (χ1n) is 11.6. The standard InChI is InChI=1S/C24H35N5O5/c1-25-19-7-4-6-18(14-19)17-8-12-28(13-9-17)11-5-10-26-23(31)29-15-20(22(30)34-3)21(16-33-2)27-24(29)32/h4,6-7,14,17,25H,5,8-13,15-16H2,1-3H3,(H,26,31)(H,27,32). The van der Waals surface area contributed by atoms with Gasteiger partial charge >= 0.3 is 18.0 Å². The second kappa shape index (κ2) is 12.4. The van der Waals surface area contributed by atoms with Crippen LogP contribution in [0.5, 0.6) is 0 Å². The van der Waals surface area contributed by atoms with Crippen molar-refractivity contribution in [2.24, 2.45) is 0 Å². The van der Waals surface area contributed by atoms with Crippen LogP contribution in [0.25, 0.3) is 0 Å². The van der Waals surface area contributed by atoms with E-state index in [1.807, 2.05) is 7.05 Å². The zero-order chi connectivity index (χ0) is 24.5. The van der Waals surface area contributed by atoms with Crippen molar-refractivity contribution in [3.8, 4) is 0 Å². The third-order valence-electron chi connectivity index (χ3n) is 6.31. The normalized spacial score (nSPS) is 17.4. The maximum atomic E-state index is 12.6. The summed E-state index contributed by atoms with van der Waals surface area (Å²) < 4.78 is 9.79. The van der Waals surface area contributed by atoms with Crippen LogP contribution in [0.15, 0.2) is 35.5 Å². The van der Waals surface area contributed by atoms with Gasteiger partial charge in [-0.05, 0) is 62.5 Å². The highest BCUT2D eigenvalue weighted by molar-refractivity contribution is 6.00. The smallest absolute Gasteiger partial charge is 0.337 e. The van der Waals surface area contributed by atoms with Gasteiger partial charge in [0, 0.05) is 26.4 Å². The summed E-state index contributed by atoms with van der Waals surface area (Å²) in [6.45, 7) is 3.24. The first-order chi connectivity index (χ1) is 16.5. The van der Waals surface area contributed by atoms with Gasteiger partial charge in [0.15, 0.2) is 0 Å². The number of nitrogens with one attached hydrogen (secondary N) is 3. The van der Waals surface area contributed by atoms with Gasteiger partial charge in [0.1, 0.15) is 0 Å². The molecule has 1 aromatic carbocycles. The molecule has 186 valence electrons. The van der Waals surface area contributed by atoms with Gasteiger partial charge < -0.3 is 30.3 Å². The van der Waals surface area contributed by atoms with Gasteiger partial charge in [0.05, 0.1) is 31.5 Å². The lowest BCUT2D eigenvalue weighted by atomic mass is 9.89. The number of imide groups is 1. The van der Waals surface area contributed by atoms with Gasteiger partial charge in [0.2, 0.25) is 0 Å². The summed E-state index contributed by atoms with van der Waals surface area (Å²) in [5.41, 5.74) is 3.03. The molecular weight excluding hydrogens is 438 g/mol. The van der Waals surface area contributed by atoms with Gasteiger partial charge in [-0.15, -0.1) is 0 Å². The molecule has 0 bridgehead atoms. The van der Waals surface area contributed by atoms with Crippen LogP contribution < -0.4 is 16.0 Å². The molecule has 2 aliphatic heterocycles. The molecule has 0 atom stereocenters. The molecule has 4 amide bonds. The number of urea groups is 2. The van der Waals surface area contributed by atoms with Gasteiger partial charge in [-0.2, -0.15) is 0 Å². The van der Waals surface area contributed by atoms with Crippen LogP contribution in [-0.4, -0.2) is 88.4 Å². The first kappa shape index (κ1) is 25.5. The van der Waals surface area contributed by atoms with Gasteiger partial charge in [-0.1, -0.05) is 12.1 Å². The summed E-state index contributed by atoms with van der Waals surface area (Å²) in [5, 5.41) is 8.53. The molecule has 10 heteroatoms. The highest BCUT2D eigenvalue weighted by atomic mass is 16.5. The van der Waals surface area contributed by atoms with E-state index in [0.717, 1.165) is 49.5 Å². The van der Waals surface area contributed by atoms with Crippen molar-refractivity contribution in [2.75, 3.05) is 65.9 Å². The number of methoxy groups -OCH3 is 2. The number of hydrogen-bond donors (Lipinski definition) is 3. The van der Waals surface area contributed by atoms with Crippen molar-refractivity contribution < 1.29 is 23.9 Å². The van der Waals surface area contributed by atoms with Gasteiger partial charge in [-0.3, -0.25) is 0 Å². The predicted octanol–water partition coefficient (Wildman–Crippen LogP) is 2.11. The minimum atomic E-state index is -0.606. The van der Waals surface area contributed by atoms with Gasteiger partial charge in [-0.25, -0.2) is 19.3 Å². The van der Waals surface area contributed by atoms with E-state index < -0.39 is 18.0 Å². The Morgan fingerprint density at radius 1 is 1.21 bits per heavy atom. The third kappa shape index (κ3) is 6.48. The van der Waals surface area contributed by atoms with Crippen molar-refractivity contribution in [3.05, 3.63) is 41.1 Å². The zero-order valence-electron chi connectivity index (χ0n) is 20.2. The van der Waals surface area contributed by atoms with Crippen LogP contribution >= 0.6 is 0 Å². The average Bonchev–Trinajstić information content (AvgIpc) is 2.86. The zero-order valence-corrected chi connectivity index (χ0v) is 20.2. The van der Waals surface area contributed by atoms with E-state index in [0.29, 0.717) is 18.2 Å². The summed E-state index contributed by atoms with van der Waals surface area (Å²) >= 11 is 0. The monoisotopic (exact) mass is 473 g/mol. The van der Waals surface area contributed by atoms with E-state index in [1.165, 1.54) is 19.8 Å². The highest BCUT2D eigenvalue weighted by Gasteiger charge is 2.33. The largest absolute Gasteiger partial charge is 0.466 e. The SMILES string of the molecule is CNc1cccc(C2CCN(CCCNC(=O)N3CC(C(=O)OC)=C(COC)NC3=O)CC2)c1. The van der Waals surface area contributed by atoms with Crippen molar-refractivity contribution in [1.29, 1.82) is 0 Å². The maximum absolute atomic E-state index is 12.6. The van der Waals surface area contributed by atoms with Crippen molar-refractivity contribution in [3.63, 3.8) is 0 Å². The number of amides is 4. The molecule has 2 heterocycles. The molecule has 0 aliphatic carbocycles. The van der Waals surface area contributed by atoms with Crippen molar-refractivity contribution >= 4 is 23.7 Å². The second-order valence-electron chi connectivity index (χ2n) is 8.47. The fraction of sp³-hybridized carbons (Fsp3) is 0.542. The molecule has 0 spiro atoms. The number of rotatable bonds is 9. The Hall–Kier alpha value is -3.11. The van der Waals surface area contributed by atoms with E-state index in [9.17, 15) is 14.4 Å². The first-order valence-corrected chi connectivity index (χ1v) is 11.6. The Morgan fingerprint density at radius 2 is 1.97 bits per heavy atom. The molecule has 0 saturated carbocycles. The molecule has 1 fully saturated rings. The number of piperidine rings is 1. The average molecular weight is 474 g/mol. The van der Waals surface area contributed by atoms with Crippen LogP contribution in [0.2, 0.25) is 0 Å². The number of hydrogen-bond acceptors (Lipinski definition) is 7. The predicted molar refractivity (Wildman–Crippen MR) is 129 cm³/mol. The summed E-state index contributed by atoms with van der Waals surface area (Å²) in [6, 6.07) is 7.46. The number of nitrogens with zero attached hydrogens (tertiary/aromatic N) is 2. The van der Waals surface area contributed by atoms with Crippen LogP contribution in [0.4, 0.5) is 15.3 Å². The van der Waals surface area contributed by atoms with Crippen molar-refractivity contribution in [1.82, 2.24) is 20.4 Å². The molecule has 0 unspecified atom stereocenters. The number of anilines is 1. The van der Waals surface area contributed by atoms with Crippen LogP contribution in [0.3, 0.4) is 0 Å². The van der Waals surface area contributed by atoms with Crippen LogP contribution in [-0.2, 0) is 14.3 Å². The molecule has 10 nitrogen and oxygen atoms in total. The number of likely N-dealkylation sites (tertiary alicyclic amines) is 1. The number of ether oxygens (including phenoxy) is 2. The number of benzene rings is 1. The summed E-state index contributed by atoms with van der Waals surface area (Å²) in [4.78, 5) is 40.3. The van der Waals surface area contributed by atoms with E-state index in [1.54, 1.807) is 0 Å². The molecule has 0 aromatic heterocycles. The lowest BCUT2D eigenvalue weighted by Gasteiger charge is -2.32. The molecule has 34 heavy (non-hydrogen) atoms. The van der Waals surface area contributed by atoms with E-state index in [2.05, 4.69) is 45.1 Å². The van der Waals surface area contributed by atoms with E-state index >= 15 is 0 Å². The minimum absolute atomic E-state index is 0.0449. The summed E-state index contributed by atoms with van der Waals surface area (Å²) in [5.74, 6) is -0.0344. The number of esters is 1. The Balaban J connectivity index is 1.41. The Kier molecular flexibility index (Phi) is 9.29. The van der Waals surface area contributed by atoms with Gasteiger partial charge in [0.25, 0.3) is 0 Å². The quantitative estimate of drug-likeness (QED) is 0.372. The third-order valence-corrected chi connectivity index (χ3v) is 6.31. The lowest BCUT2D eigenvalue weighted by Crippen LogP contribution is -2.54.